The van der Waals surface area contributed by atoms with Crippen molar-refractivity contribution in [1.29, 1.82) is 0 Å². The summed E-state index contributed by atoms with van der Waals surface area (Å²) in [5, 5.41) is 3.18. The lowest BCUT2D eigenvalue weighted by molar-refractivity contribution is 0.588. The van der Waals surface area contributed by atoms with E-state index in [0.717, 1.165) is 55.0 Å². The second-order valence-corrected chi connectivity index (χ2v) is 14.4. The highest BCUT2D eigenvalue weighted by Gasteiger charge is 2.16. The lowest BCUT2D eigenvalue weighted by atomic mass is 9.91. The van der Waals surface area contributed by atoms with E-state index in [1.807, 2.05) is 86.1 Å². The standard InChI is InChI=1S/C39H30N3OP/c1-44(2,43)32-20-12-18-30(26-32)34-24-23-33(35-21-9-10-22-36(34)35)29-17-11-19-31(25-29)39-41-37(27-13-5-3-6-14-27)40-38(42-39)28-15-7-4-8-16-28/h3-26H,1-2H3. The van der Waals surface area contributed by atoms with Crippen LogP contribution in [0.5, 0.6) is 0 Å². The first kappa shape index (κ1) is 27.6. The van der Waals surface area contributed by atoms with Gasteiger partial charge in [0, 0.05) is 22.0 Å². The molecule has 0 spiro atoms. The molecule has 5 heteroatoms. The molecule has 0 aliphatic carbocycles. The molecule has 0 amide bonds. The number of nitrogens with zero attached hydrogens (tertiary/aromatic N) is 3. The Balaban J connectivity index is 1.36. The van der Waals surface area contributed by atoms with E-state index in [-0.39, 0.29) is 0 Å². The lowest BCUT2D eigenvalue weighted by Crippen LogP contribution is -2.02. The van der Waals surface area contributed by atoms with Crippen LogP contribution in [0.4, 0.5) is 0 Å². The molecule has 0 N–H and O–H groups in total. The van der Waals surface area contributed by atoms with Crippen molar-refractivity contribution >= 4 is 23.2 Å². The minimum Gasteiger partial charge on any atom is -0.319 e. The Labute approximate surface area is 257 Å². The Kier molecular flexibility index (Phi) is 7.21. The third-order valence-electron chi connectivity index (χ3n) is 7.83. The average molecular weight is 588 g/mol. The van der Waals surface area contributed by atoms with Crippen molar-refractivity contribution in [2.75, 3.05) is 13.3 Å². The van der Waals surface area contributed by atoms with Crippen LogP contribution in [0.15, 0.2) is 146 Å². The molecule has 0 aliphatic rings. The van der Waals surface area contributed by atoms with Crippen molar-refractivity contribution in [2.24, 2.45) is 0 Å². The Morgan fingerprint density at radius 2 is 0.818 bits per heavy atom. The number of rotatable bonds is 6. The van der Waals surface area contributed by atoms with Crippen molar-refractivity contribution in [2.45, 2.75) is 0 Å². The Morgan fingerprint density at radius 1 is 0.409 bits per heavy atom. The van der Waals surface area contributed by atoms with Crippen molar-refractivity contribution in [3.8, 4) is 56.4 Å². The lowest BCUT2D eigenvalue weighted by Gasteiger charge is -2.15. The van der Waals surface area contributed by atoms with Gasteiger partial charge < -0.3 is 4.57 Å². The molecule has 0 saturated carbocycles. The van der Waals surface area contributed by atoms with Crippen LogP contribution in [-0.2, 0) is 4.57 Å². The van der Waals surface area contributed by atoms with Gasteiger partial charge in [-0.25, -0.2) is 15.0 Å². The maximum atomic E-state index is 12.8. The van der Waals surface area contributed by atoms with Gasteiger partial charge in [-0.05, 0) is 58.5 Å². The van der Waals surface area contributed by atoms with Gasteiger partial charge in [-0.15, -0.1) is 0 Å². The van der Waals surface area contributed by atoms with Gasteiger partial charge in [0.15, 0.2) is 17.5 Å². The monoisotopic (exact) mass is 587 g/mol. The summed E-state index contributed by atoms with van der Waals surface area (Å²) in [5.74, 6) is 1.90. The molecule has 0 bridgehead atoms. The molecule has 1 aromatic heterocycles. The molecule has 6 aromatic carbocycles. The predicted molar refractivity (Wildman–Crippen MR) is 184 cm³/mol. The van der Waals surface area contributed by atoms with E-state index in [0.29, 0.717) is 17.5 Å². The van der Waals surface area contributed by atoms with Gasteiger partial charge >= 0.3 is 0 Å². The quantitative estimate of drug-likeness (QED) is 0.182. The third kappa shape index (κ3) is 5.48. The van der Waals surface area contributed by atoms with Crippen LogP contribution >= 0.6 is 7.14 Å². The zero-order valence-corrected chi connectivity index (χ0v) is 25.4. The van der Waals surface area contributed by atoms with Gasteiger partial charge in [0.1, 0.15) is 7.14 Å². The van der Waals surface area contributed by atoms with Crippen LogP contribution in [0.2, 0.25) is 0 Å². The first-order valence-corrected chi connectivity index (χ1v) is 17.2. The fraction of sp³-hybridized carbons (Fsp3) is 0.0513. The third-order valence-corrected chi connectivity index (χ3v) is 9.36. The summed E-state index contributed by atoms with van der Waals surface area (Å²) in [5.41, 5.74) is 7.19. The molecule has 0 unspecified atom stereocenters. The van der Waals surface area contributed by atoms with Gasteiger partial charge in [0.2, 0.25) is 0 Å². The Hall–Kier alpha value is -5.18. The molecule has 4 nitrogen and oxygen atoms in total. The predicted octanol–water partition coefficient (Wildman–Crippen LogP) is 9.61. The molecule has 0 radical (unpaired) electrons. The molecule has 1 heterocycles. The summed E-state index contributed by atoms with van der Waals surface area (Å²) in [6.07, 6.45) is 0. The fourth-order valence-corrected chi connectivity index (χ4v) is 6.47. The molecule has 0 saturated heterocycles. The molecule has 0 aliphatic heterocycles. The molecular formula is C39H30N3OP. The van der Waals surface area contributed by atoms with E-state index in [4.69, 9.17) is 15.0 Å². The maximum Gasteiger partial charge on any atom is 0.164 e. The number of hydrogen-bond donors (Lipinski definition) is 0. The fourth-order valence-electron chi connectivity index (χ4n) is 5.57. The molecule has 7 rings (SSSR count). The minimum atomic E-state index is -2.38. The molecule has 7 aromatic rings. The second-order valence-electron chi connectivity index (χ2n) is 11.2. The molecule has 212 valence electrons. The largest absolute Gasteiger partial charge is 0.319 e. The zero-order valence-electron chi connectivity index (χ0n) is 24.6. The van der Waals surface area contributed by atoms with Gasteiger partial charge in [0.25, 0.3) is 0 Å². The first-order valence-electron chi connectivity index (χ1n) is 14.6. The maximum absolute atomic E-state index is 12.8. The molecule has 0 atom stereocenters. The van der Waals surface area contributed by atoms with E-state index in [1.165, 1.54) is 0 Å². The Morgan fingerprint density at radius 3 is 1.34 bits per heavy atom. The van der Waals surface area contributed by atoms with Crippen LogP contribution in [0.1, 0.15) is 0 Å². The Bertz CT molecular complexity index is 2110. The van der Waals surface area contributed by atoms with Gasteiger partial charge in [-0.3, -0.25) is 0 Å². The summed E-state index contributed by atoms with van der Waals surface area (Å²) in [6.45, 7) is 3.64. The summed E-state index contributed by atoms with van der Waals surface area (Å²) in [4.78, 5) is 14.7. The van der Waals surface area contributed by atoms with Crippen molar-refractivity contribution in [3.05, 3.63) is 146 Å². The van der Waals surface area contributed by atoms with Crippen molar-refractivity contribution < 1.29 is 4.57 Å². The average Bonchev–Trinajstić information content (AvgIpc) is 3.08. The van der Waals surface area contributed by atoms with Crippen LogP contribution in [0.25, 0.3) is 67.2 Å². The van der Waals surface area contributed by atoms with Crippen LogP contribution < -0.4 is 5.30 Å². The van der Waals surface area contributed by atoms with E-state index < -0.39 is 7.14 Å². The van der Waals surface area contributed by atoms with Crippen LogP contribution in [-0.4, -0.2) is 28.3 Å². The highest BCUT2D eigenvalue weighted by molar-refractivity contribution is 7.70. The van der Waals surface area contributed by atoms with E-state index >= 15 is 0 Å². The zero-order chi connectivity index (χ0) is 30.1. The number of aromatic nitrogens is 3. The van der Waals surface area contributed by atoms with Crippen LogP contribution in [0, 0.1) is 0 Å². The molecular weight excluding hydrogens is 557 g/mol. The second kappa shape index (κ2) is 11.5. The highest BCUT2D eigenvalue weighted by Crippen LogP contribution is 2.39. The van der Waals surface area contributed by atoms with Gasteiger partial charge in [-0.2, -0.15) is 0 Å². The molecule has 0 fully saturated rings. The number of benzene rings is 6. The van der Waals surface area contributed by atoms with Gasteiger partial charge in [0.05, 0.1) is 0 Å². The van der Waals surface area contributed by atoms with E-state index in [1.54, 1.807) is 0 Å². The number of hydrogen-bond acceptors (Lipinski definition) is 4. The summed E-state index contributed by atoms with van der Waals surface area (Å²) in [6, 6.07) is 49.4. The topological polar surface area (TPSA) is 55.7 Å². The number of fused-ring (bicyclic) bond motifs is 1. The summed E-state index contributed by atoms with van der Waals surface area (Å²) in [7, 11) is -2.38. The minimum absolute atomic E-state index is 0.626. The van der Waals surface area contributed by atoms with E-state index in [2.05, 4.69) is 72.8 Å². The van der Waals surface area contributed by atoms with E-state index in [9.17, 15) is 4.57 Å². The van der Waals surface area contributed by atoms with Crippen molar-refractivity contribution in [3.63, 3.8) is 0 Å². The highest BCUT2D eigenvalue weighted by atomic mass is 31.2. The first-order chi connectivity index (χ1) is 21.4. The molecule has 44 heavy (non-hydrogen) atoms. The summed E-state index contributed by atoms with van der Waals surface area (Å²) >= 11 is 0. The van der Waals surface area contributed by atoms with Crippen LogP contribution in [0.3, 0.4) is 0 Å². The summed E-state index contributed by atoms with van der Waals surface area (Å²) < 4.78 is 12.8. The SMILES string of the molecule is CP(C)(=O)c1cccc(-c2ccc(-c3cccc(-c4nc(-c5ccccc5)nc(-c5ccccc5)n4)c3)c3ccccc23)c1. The smallest absolute Gasteiger partial charge is 0.164 e. The van der Waals surface area contributed by atoms with Gasteiger partial charge in [-0.1, -0.05) is 133 Å². The normalized spacial score (nSPS) is 11.5. The van der Waals surface area contributed by atoms with Crippen molar-refractivity contribution in [1.82, 2.24) is 15.0 Å².